The summed E-state index contributed by atoms with van der Waals surface area (Å²) in [5.41, 5.74) is 0.365. The van der Waals surface area contributed by atoms with Crippen LogP contribution in [0.15, 0.2) is 11.0 Å². The molecule has 0 aromatic carbocycles. The summed E-state index contributed by atoms with van der Waals surface area (Å²) in [6.45, 7) is 14.7. The number of carbonyl (C=O) groups is 3. The number of Topliss-reactive ketones (excluding diaryl/α,β-unsaturated/α-hetero) is 1. The fourth-order valence-corrected chi connectivity index (χ4v) is 6.49. The van der Waals surface area contributed by atoms with Crippen LogP contribution in [0, 0.1) is 30.1 Å². The number of hydrogen-bond donors (Lipinski definition) is 2. The Hall–Kier alpha value is -2.10. The zero-order valence-corrected chi connectivity index (χ0v) is 26.2. The lowest BCUT2D eigenvalue weighted by molar-refractivity contribution is -0.154. The first-order valence-electron chi connectivity index (χ1n) is 14.6. The smallest absolute Gasteiger partial charge is 0.309 e. The third-order valence-electron chi connectivity index (χ3n) is 8.69. The predicted octanol–water partition coefficient (Wildman–Crippen LogP) is 4.95. The van der Waals surface area contributed by atoms with Crippen molar-refractivity contribution in [3.63, 3.8) is 0 Å². The third kappa shape index (κ3) is 7.79. The number of ketones is 1. The summed E-state index contributed by atoms with van der Waals surface area (Å²) in [7, 11) is 0. The Morgan fingerprint density at radius 2 is 1.90 bits per heavy atom. The van der Waals surface area contributed by atoms with Crippen LogP contribution in [0.5, 0.6) is 0 Å². The van der Waals surface area contributed by atoms with Gasteiger partial charge in [0.1, 0.15) is 11.9 Å². The first kappa shape index (κ1) is 32.4. The van der Waals surface area contributed by atoms with Gasteiger partial charge in [0.2, 0.25) is 5.91 Å². The van der Waals surface area contributed by atoms with Crippen LogP contribution in [0.2, 0.25) is 0 Å². The zero-order valence-electron chi connectivity index (χ0n) is 25.3. The number of aryl methyl sites for hydroxylation is 1. The van der Waals surface area contributed by atoms with Gasteiger partial charge in [0, 0.05) is 24.1 Å². The van der Waals surface area contributed by atoms with Gasteiger partial charge in [-0.2, -0.15) is 0 Å². The van der Waals surface area contributed by atoms with E-state index in [1.54, 1.807) is 32.1 Å². The van der Waals surface area contributed by atoms with E-state index in [0.29, 0.717) is 12.8 Å². The van der Waals surface area contributed by atoms with Crippen molar-refractivity contribution in [3.8, 4) is 0 Å². The van der Waals surface area contributed by atoms with E-state index in [4.69, 9.17) is 4.74 Å². The van der Waals surface area contributed by atoms with Crippen LogP contribution >= 0.6 is 11.3 Å². The molecule has 2 N–H and O–H groups in total. The lowest BCUT2D eigenvalue weighted by Crippen LogP contribution is -2.45. The van der Waals surface area contributed by atoms with E-state index in [2.05, 4.69) is 4.98 Å². The molecule has 0 saturated carbocycles. The number of nitrogens with zero attached hydrogens (tertiary/aromatic N) is 2. The van der Waals surface area contributed by atoms with E-state index in [1.807, 2.05) is 51.0 Å². The molecular weight excluding hydrogens is 528 g/mol. The molecule has 224 valence electrons. The minimum absolute atomic E-state index is 0.0441. The van der Waals surface area contributed by atoms with Crippen LogP contribution in [0.1, 0.15) is 97.7 Å². The standard InChI is InChI=1S/C31H48N2O6S/c1-17(2)12-27(35)33-23-11-9-10-18(3)29(37)20(5)30(38)31(7,8)26(34)15-28(36)39-25(14-24(23)33)19(4)13-22-16-40-21(6)32-22/h13,16-18,20,23-26,29,34,37H,9-12,14-15H2,1-8H3/b19-13+/t18-,20+,23+,24-,25-,26-,29-,33?/m0/s1. The molecule has 40 heavy (non-hydrogen) atoms. The number of aliphatic hydroxyl groups is 2. The number of esters is 1. The number of aromatic nitrogens is 1. The fourth-order valence-electron chi connectivity index (χ4n) is 5.92. The summed E-state index contributed by atoms with van der Waals surface area (Å²) in [6, 6.07) is -0.0119. The van der Waals surface area contributed by atoms with E-state index in [-0.39, 0.29) is 42.0 Å². The van der Waals surface area contributed by atoms with Gasteiger partial charge < -0.3 is 19.8 Å². The number of carbonyl (C=O) groups excluding carboxylic acids is 3. The number of amides is 1. The van der Waals surface area contributed by atoms with Crippen molar-refractivity contribution in [1.29, 1.82) is 0 Å². The number of hydrogen-bond acceptors (Lipinski definition) is 8. The lowest BCUT2D eigenvalue weighted by atomic mass is 9.73. The topological polar surface area (TPSA) is 117 Å². The molecular formula is C31H48N2O6S. The maximum absolute atomic E-state index is 13.3. The quantitative estimate of drug-likeness (QED) is 0.385. The second-order valence-corrected chi connectivity index (χ2v) is 14.0. The van der Waals surface area contributed by atoms with E-state index in [1.165, 1.54) is 0 Å². The van der Waals surface area contributed by atoms with Crippen LogP contribution in [-0.2, 0) is 19.1 Å². The summed E-state index contributed by atoms with van der Waals surface area (Å²) in [5, 5.41) is 24.8. The minimum atomic E-state index is -1.27. The Balaban J connectivity index is 1.93. The third-order valence-corrected chi connectivity index (χ3v) is 9.48. The van der Waals surface area contributed by atoms with Crippen LogP contribution in [0.4, 0.5) is 0 Å². The number of cyclic esters (lactones) is 1. The maximum atomic E-state index is 13.3. The number of fused-ring (bicyclic) bond motifs is 1. The molecule has 1 aromatic heterocycles. The lowest BCUT2D eigenvalue weighted by Gasteiger charge is -2.34. The Labute approximate surface area is 243 Å². The van der Waals surface area contributed by atoms with E-state index < -0.39 is 35.6 Å². The second kappa shape index (κ2) is 13.3. The Morgan fingerprint density at radius 1 is 1.23 bits per heavy atom. The summed E-state index contributed by atoms with van der Waals surface area (Å²) in [5.74, 6) is -1.36. The molecule has 2 aliphatic rings. The minimum Gasteiger partial charge on any atom is -0.458 e. The van der Waals surface area contributed by atoms with Gasteiger partial charge in [0.05, 0.1) is 46.8 Å². The van der Waals surface area contributed by atoms with Gasteiger partial charge in [0.25, 0.3) is 0 Å². The van der Waals surface area contributed by atoms with Gasteiger partial charge in [-0.05, 0) is 50.2 Å². The molecule has 3 heterocycles. The van der Waals surface area contributed by atoms with Crippen LogP contribution < -0.4 is 0 Å². The van der Waals surface area contributed by atoms with Crippen molar-refractivity contribution in [2.45, 2.75) is 124 Å². The molecule has 0 spiro atoms. The first-order chi connectivity index (χ1) is 18.6. The molecule has 2 aliphatic heterocycles. The van der Waals surface area contributed by atoms with Crippen molar-refractivity contribution in [1.82, 2.24) is 9.88 Å². The Morgan fingerprint density at radius 3 is 2.50 bits per heavy atom. The summed E-state index contributed by atoms with van der Waals surface area (Å²) in [4.78, 5) is 46.1. The molecule has 2 saturated heterocycles. The summed E-state index contributed by atoms with van der Waals surface area (Å²) in [6.07, 6.45) is 2.05. The SMILES string of the molecule is C/C(=C\c1csc(C)n1)[C@@H]1C[C@H]2[C@@H](CCC[C@H](C)[C@H](O)[C@@H](C)C(=O)C(C)(C)[C@@H](O)CC(=O)O1)N2C(=O)CC(C)C. The summed E-state index contributed by atoms with van der Waals surface area (Å²) < 4.78 is 5.97. The molecule has 2 fully saturated rings. The highest BCUT2D eigenvalue weighted by Crippen LogP contribution is 2.40. The van der Waals surface area contributed by atoms with Gasteiger partial charge in [-0.3, -0.25) is 14.4 Å². The van der Waals surface area contributed by atoms with Crippen molar-refractivity contribution in [2.24, 2.45) is 23.2 Å². The maximum Gasteiger partial charge on any atom is 0.309 e. The van der Waals surface area contributed by atoms with Gasteiger partial charge in [-0.1, -0.05) is 48.0 Å². The highest BCUT2D eigenvalue weighted by molar-refractivity contribution is 7.09. The average Bonchev–Trinajstić information content (AvgIpc) is 3.39. The molecule has 3 rings (SSSR count). The van der Waals surface area contributed by atoms with Gasteiger partial charge >= 0.3 is 5.97 Å². The number of ether oxygens (including phenoxy) is 1. The van der Waals surface area contributed by atoms with Crippen molar-refractivity contribution in [3.05, 3.63) is 21.7 Å². The number of rotatable bonds is 4. The van der Waals surface area contributed by atoms with E-state index in [9.17, 15) is 24.6 Å². The van der Waals surface area contributed by atoms with Gasteiger partial charge in [-0.15, -0.1) is 11.3 Å². The van der Waals surface area contributed by atoms with Crippen LogP contribution in [0.25, 0.3) is 6.08 Å². The molecule has 1 amide bonds. The monoisotopic (exact) mass is 576 g/mol. The normalized spacial score (nSPS) is 32.5. The van der Waals surface area contributed by atoms with Gasteiger partial charge in [0.15, 0.2) is 0 Å². The van der Waals surface area contributed by atoms with E-state index in [0.717, 1.165) is 35.5 Å². The highest BCUT2D eigenvalue weighted by atomic mass is 32.1. The molecule has 1 aromatic rings. The average molecular weight is 577 g/mol. The van der Waals surface area contributed by atoms with Crippen molar-refractivity contribution >= 4 is 35.1 Å². The fraction of sp³-hybridized carbons (Fsp3) is 0.742. The number of thiazole rings is 1. The second-order valence-electron chi connectivity index (χ2n) is 12.9. The Bertz CT molecular complexity index is 1100. The van der Waals surface area contributed by atoms with Crippen molar-refractivity contribution in [2.75, 3.05) is 0 Å². The molecule has 8 nitrogen and oxygen atoms in total. The van der Waals surface area contributed by atoms with Crippen LogP contribution in [0.3, 0.4) is 0 Å². The first-order valence-corrected chi connectivity index (χ1v) is 15.5. The zero-order chi connectivity index (χ0) is 29.9. The molecule has 9 heteroatoms. The predicted molar refractivity (Wildman–Crippen MR) is 156 cm³/mol. The molecule has 7 atom stereocenters. The van der Waals surface area contributed by atoms with Crippen molar-refractivity contribution < 1.29 is 29.3 Å². The molecule has 0 radical (unpaired) electrons. The van der Waals surface area contributed by atoms with E-state index >= 15 is 0 Å². The van der Waals surface area contributed by atoms with Crippen LogP contribution in [-0.4, -0.2) is 68.2 Å². The van der Waals surface area contributed by atoms with Gasteiger partial charge in [-0.25, -0.2) is 4.98 Å². The highest BCUT2D eigenvalue weighted by Gasteiger charge is 2.51. The summed E-state index contributed by atoms with van der Waals surface area (Å²) >= 11 is 1.54. The molecule has 0 bridgehead atoms. The Kier molecular flexibility index (Phi) is 10.7. The number of aliphatic hydroxyl groups excluding tert-OH is 2. The largest absolute Gasteiger partial charge is 0.458 e. The molecule has 0 unspecified atom stereocenters. The molecule has 0 aliphatic carbocycles.